The molecule has 1 nitrogen and oxygen atoms in total. The van der Waals surface area contributed by atoms with Crippen molar-refractivity contribution in [2.45, 2.75) is 56.2 Å². The van der Waals surface area contributed by atoms with E-state index in [-0.39, 0.29) is 5.92 Å². The molecule has 9 heteroatoms. The third-order valence-electron chi connectivity index (χ3n) is 3.90. The van der Waals surface area contributed by atoms with Gasteiger partial charge >= 0.3 is 18.2 Å². The molecule has 1 N–H and O–H groups in total. The average molecular weight is 352 g/mol. The molecule has 1 fully saturated rings. The molecular formula is C14H16F8O. The average Bonchev–Trinajstić information content (AvgIpc) is 2.45. The number of alkyl halides is 5. The van der Waals surface area contributed by atoms with Crippen LogP contribution < -0.4 is 0 Å². The third-order valence-corrected chi connectivity index (χ3v) is 3.90. The highest BCUT2D eigenvalue weighted by atomic mass is 19.4. The van der Waals surface area contributed by atoms with Gasteiger partial charge in [0.1, 0.15) is 0 Å². The topological polar surface area (TPSA) is 20.2 Å². The van der Waals surface area contributed by atoms with Gasteiger partial charge in [0, 0.05) is 6.42 Å². The molecule has 1 aliphatic rings. The van der Waals surface area contributed by atoms with Crippen LogP contribution in [-0.2, 0) is 0 Å². The van der Waals surface area contributed by atoms with Gasteiger partial charge in [-0.1, -0.05) is 31.4 Å². The lowest BCUT2D eigenvalue weighted by Crippen LogP contribution is -2.59. The van der Waals surface area contributed by atoms with Crippen molar-refractivity contribution in [1.82, 2.24) is 0 Å². The van der Waals surface area contributed by atoms with Gasteiger partial charge in [-0.15, -0.1) is 0 Å². The molecule has 0 bridgehead atoms. The standard InChI is InChI=1S/C14H16F8O/c15-10(11(16)17)13(18,19)12(23,14(20,21)22)8-4-7-9-5-2-1-3-6-9/h4,7,9,23H,1-3,5-6,8H2/b7-4+. The summed E-state index contributed by atoms with van der Waals surface area (Å²) in [7, 11) is 0. The quantitative estimate of drug-likeness (QED) is 0.510. The third kappa shape index (κ3) is 4.24. The first-order valence-corrected chi connectivity index (χ1v) is 6.98. The summed E-state index contributed by atoms with van der Waals surface area (Å²) < 4.78 is 102. The Morgan fingerprint density at radius 1 is 0.957 bits per heavy atom. The van der Waals surface area contributed by atoms with Crippen molar-refractivity contribution in [2.75, 3.05) is 0 Å². The molecular weight excluding hydrogens is 336 g/mol. The lowest BCUT2D eigenvalue weighted by molar-refractivity contribution is -0.324. The maximum atomic E-state index is 13.5. The van der Waals surface area contributed by atoms with Crippen molar-refractivity contribution < 1.29 is 40.2 Å². The van der Waals surface area contributed by atoms with E-state index in [2.05, 4.69) is 0 Å². The highest BCUT2D eigenvalue weighted by Gasteiger charge is 2.71. The Morgan fingerprint density at radius 2 is 1.48 bits per heavy atom. The molecule has 0 aromatic rings. The molecule has 1 saturated carbocycles. The smallest absolute Gasteiger partial charge is 0.375 e. The van der Waals surface area contributed by atoms with Crippen LogP contribution >= 0.6 is 0 Å². The van der Waals surface area contributed by atoms with Gasteiger partial charge in [0.25, 0.3) is 0 Å². The van der Waals surface area contributed by atoms with Crippen molar-refractivity contribution in [3.05, 3.63) is 24.1 Å². The number of hydrogen-bond acceptors (Lipinski definition) is 1. The van der Waals surface area contributed by atoms with E-state index in [1.807, 2.05) is 0 Å². The Hall–Kier alpha value is -1.12. The molecule has 134 valence electrons. The van der Waals surface area contributed by atoms with Crippen LogP contribution in [0, 0.1) is 5.92 Å². The Kier molecular flexibility index (Phi) is 6.23. The van der Waals surface area contributed by atoms with Crippen LogP contribution in [0.5, 0.6) is 0 Å². The van der Waals surface area contributed by atoms with E-state index < -0.39 is 36.0 Å². The highest BCUT2D eigenvalue weighted by molar-refractivity contribution is 5.18. The SMILES string of the molecule is OC(C/C=C/C1CCCCC1)(C(F)(F)F)C(F)(F)C(F)=C(F)F. The minimum Gasteiger partial charge on any atom is -0.375 e. The predicted octanol–water partition coefficient (Wildman–Crippen LogP) is 5.52. The van der Waals surface area contributed by atoms with Crippen LogP contribution in [0.25, 0.3) is 0 Å². The van der Waals surface area contributed by atoms with E-state index in [4.69, 9.17) is 0 Å². The summed E-state index contributed by atoms with van der Waals surface area (Å²) in [4.78, 5) is 0. The Labute approximate surface area is 127 Å². The summed E-state index contributed by atoms with van der Waals surface area (Å²) in [6, 6.07) is 0. The van der Waals surface area contributed by atoms with E-state index in [0.29, 0.717) is 18.9 Å². The van der Waals surface area contributed by atoms with Crippen molar-refractivity contribution in [2.24, 2.45) is 5.92 Å². The first-order chi connectivity index (χ1) is 10.4. The zero-order valence-electron chi connectivity index (χ0n) is 11.9. The van der Waals surface area contributed by atoms with Crippen LogP contribution in [0.1, 0.15) is 38.5 Å². The molecule has 1 rings (SSSR count). The summed E-state index contributed by atoms with van der Waals surface area (Å²) in [6.45, 7) is 0. The number of aliphatic hydroxyl groups is 1. The first kappa shape index (κ1) is 19.9. The summed E-state index contributed by atoms with van der Waals surface area (Å²) in [5.74, 6) is -9.50. The van der Waals surface area contributed by atoms with E-state index in [9.17, 15) is 40.2 Å². The van der Waals surface area contributed by atoms with Crippen molar-refractivity contribution >= 4 is 0 Å². The van der Waals surface area contributed by atoms with Gasteiger partial charge in [-0.3, -0.25) is 0 Å². The van der Waals surface area contributed by atoms with Crippen LogP contribution in [-0.4, -0.2) is 22.8 Å². The molecule has 0 spiro atoms. The zero-order valence-corrected chi connectivity index (χ0v) is 11.9. The Balaban J connectivity index is 3.04. The van der Waals surface area contributed by atoms with Gasteiger partial charge in [0.2, 0.25) is 11.4 Å². The number of allylic oxidation sites excluding steroid dienone is 1. The zero-order chi connectivity index (χ0) is 17.9. The largest absolute Gasteiger partial charge is 0.423 e. The molecule has 23 heavy (non-hydrogen) atoms. The van der Waals surface area contributed by atoms with E-state index >= 15 is 0 Å². The van der Waals surface area contributed by atoms with Gasteiger partial charge in [-0.25, -0.2) is 0 Å². The molecule has 0 aromatic heterocycles. The lowest BCUT2D eigenvalue weighted by Gasteiger charge is -2.35. The monoisotopic (exact) mass is 352 g/mol. The van der Waals surface area contributed by atoms with Crippen molar-refractivity contribution in [1.29, 1.82) is 0 Å². The van der Waals surface area contributed by atoms with Gasteiger partial charge < -0.3 is 5.11 Å². The minimum absolute atomic E-state index is 0.131. The summed E-state index contributed by atoms with van der Waals surface area (Å²) in [5.41, 5.74) is -4.95. The molecule has 0 radical (unpaired) electrons. The van der Waals surface area contributed by atoms with Gasteiger partial charge in [-0.2, -0.15) is 35.1 Å². The van der Waals surface area contributed by atoms with Crippen molar-refractivity contribution in [3.8, 4) is 0 Å². The second-order valence-electron chi connectivity index (χ2n) is 5.54. The molecule has 1 aliphatic carbocycles. The van der Waals surface area contributed by atoms with E-state index in [0.717, 1.165) is 19.3 Å². The molecule has 1 atom stereocenters. The molecule has 1 unspecified atom stereocenters. The van der Waals surface area contributed by atoms with E-state index in [1.54, 1.807) is 0 Å². The summed E-state index contributed by atoms with van der Waals surface area (Å²) >= 11 is 0. The molecule has 0 aromatic carbocycles. The predicted molar refractivity (Wildman–Crippen MR) is 66.6 cm³/mol. The number of hydrogen-bond donors (Lipinski definition) is 1. The van der Waals surface area contributed by atoms with Crippen LogP contribution in [0.15, 0.2) is 24.1 Å². The van der Waals surface area contributed by atoms with Gasteiger partial charge in [0.05, 0.1) is 0 Å². The molecule has 0 aliphatic heterocycles. The molecule has 0 amide bonds. The molecule has 0 heterocycles. The summed E-state index contributed by atoms with van der Waals surface area (Å²) in [6.07, 6.45) is -5.50. The van der Waals surface area contributed by atoms with Crippen LogP contribution in [0.3, 0.4) is 0 Å². The second kappa shape index (κ2) is 7.19. The summed E-state index contributed by atoms with van der Waals surface area (Å²) in [5, 5.41) is 9.29. The fourth-order valence-corrected chi connectivity index (χ4v) is 2.48. The normalized spacial score (nSPS) is 20.6. The van der Waals surface area contributed by atoms with E-state index in [1.165, 1.54) is 6.08 Å². The van der Waals surface area contributed by atoms with Crippen LogP contribution in [0.4, 0.5) is 35.1 Å². The van der Waals surface area contributed by atoms with Crippen LogP contribution in [0.2, 0.25) is 0 Å². The Morgan fingerprint density at radius 3 is 1.91 bits per heavy atom. The highest BCUT2D eigenvalue weighted by Crippen LogP contribution is 2.49. The lowest BCUT2D eigenvalue weighted by atomic mass is 9.86. The van der Waals surface area contributed by atoms with Gasteiger partial charge in [0.15, 0.2) is 0 Å². The molecule has 0 saturated heterocycles. The number of halogens is 8. The first-order valence-electron chi connectivity index (χ1n) is 6.98. The van der Waals surface area contributed by atoms with Crippen molar-refractivity contribution in [3.63, 3.8) is 0 Å². The fraction of sp³-hybridized carbons (Fsp3) is 0.714. The minimum atomic E-state index is -6.00. The maximum absolute atomic E-state index is 13.5. The second-order valence-corrected chi connectivity index (χ2v) is 5.54. The maximum Gasteiger partial charge on any atom is 0.423 e. The number of rotatable bonds is 5. The Bertz CT molecular complexity index is 458. The van der Waals surface area contributed by atoms with Gasteiger partial charge in [-0.05, 0) is 18.8 Å². The fourth-order valence-electron chi connectivity index (χ4n) is 2.48.